The Hall–Kier alpha value is -3.15. The van der Waals surface area contributed by atoms with Crippen LogP contribution in [0.2, 0.25) is 0 Å². The number of carbonyl (C=O) groups is 2. The monoisotopic (exact) mass is 388 g/mol. The van der Waals surface area contributed by atoms with Crippen LogP contribution in [0, 0.1) is 12.8 Å². The summed E-state index contributed by atoms with van der Waals surface area (Å²) < 4.78 is 2.00. The van der Waals surface area contributed by atoms with Crippen molar-refractivity contribution >= 4 is 17.5 Å². The van der Waals surface area contributed by atoms with Gasteiger partial charge in [0.05, 0.1) is 17.0 Å². The van der Waals surface area contributed by atoms with Crippen LogP contribution in [-0.4, -0.2) is 57.2 Å². The summed E-state index contributed by atoms with van der Waals surface area (Å²) in [6, 6.07) is 13.9. The second kappa shape index (κ2) is 7.03. The maximum absolute atomic E-state index is 13.1. The number of pyridine rings is 1. The molecule has 1 aliphatic heterocycles. The quantitative estimate of drug-likeness (QED) is 0.693. The first kappa shape index (κ1) is 17.9. The highest BCUT2D eigenvalue weighted by atomic mass is 16.2. The van der Waals surface area contributed by atoms with E-state index in [4.69, 9.17) is 0 Å². The van der Waals surface area contributed by atoms with Gasteiger partial charge in [-0.05, 0) is 31.9 Å². The number of nitrogens with zero attached hydrogens (tertiary/aromatic N) is 4. The van der Waals surface area contributed by atoms with Gasteiger partial charge >= 0.3 is 0 Å². The van der Waals surface area contributed by atoms with Crippen molar-refractivity contribution in [2.45, 2.75) is 19.8 Å². The molecule has 148 valence electrons. The highest BCUT2D eigenvalue weighted by Gasteiger charge is 2.35. The largest absolute Gasteiger partial charge is 0.339 e. The van der Waals surface area contributed by atoms with Crippen molar-refractivity contribution in [2.24, 2.45) is 5.92 Å². The first-order chi connectivity index (χ1) is 14.1. The number of carbonyl (C=O) groups excluding carboxylic acids is 2. The predicted octanol–water partition coefficient (Wildman–Crippen LogP) is 3.00. The van der Waals surface area contributed by atoms with Gasteiger partial charge in [0.25, 0.3) is 5.91 Å². The Labute approximate surface area is 169 Å². The highest BCUT2D eigenvalue weighted by Crippen LogP contribution is 2.31. The number of benzene rings is 1. The van der Waals surface area contributed by atoms with Crippen LogP contribution in [0.5, 0.6) is 0 Å². The van der Waals surface area contributed by atoms with Gasteiger partial charge < -0.3 is 9.80 Å². The number of hydrogen-bond donors (Lipinski definition) is 0. The molecule has 2 aliphatic rings. The molecule has 0 bridgehead atoms. The van der Waals surface area contributed by atoms with E-state index in [1.807, 2.05) is 57.7 Å². The lowest BCUT2D eigenvalue weighted by atomic mass is 10.1. The number of amides is 2. The minimum Gasteiger partial charge on any atom is -0.339 e. The van der Waals surface area contributed by atoms with E-state index in [1.165, 1.54) is 0 Å². The van der Waals surface area contributed by atoms with Crippen molar-refractivity contribution in [3.63, 3.8) is 0 Å². The second-order valence-corrected chi connectivity index (χ2v) is 7.95. The van der Waals surface area contributed by atoms with E-state index in [-0.39, 0.29) is 17.7 Å². The summed E-state index contributed by atoms with van der Waals surface area (Å²) in [5.74, 6) is 0.510. The van der Waals surface area contributed by atoms with E-state index in [1.54, 1.807) is 0 Å². The van der Waals surface area contributed by atoms with Crippen molar-refractivity contribution in [1.29, 1.82) is 0 Å². The fourth-order valence-corrected chi connectivity index (χ4v) is 4.13. The number of hydrogen-bond acceptors (Lipinski definition) is 3. The third kappa shape index (κ3) is 3.28. The average Bonchev–Trinajstić information content (AvgIpc) is 3.55. The summed E-state index contributed by atoms with van der Waals surface area (Å²) in [4.78, 5) is 33.8. The molecule has 0 spiro atoms. The zero-order chi connectivity index (χ0) is 20.0. The molecule has 3 aromatic rings. The first-order valence-corrected chi connectivity index (χ1v) is 10.2. The molecule has 1 aliphatic carbocycles. The average molecular weight is 388 g/mol. The van der Waals surface area contributed by atoms with Crippen LogP contribution in [0.25, 0.3) is 16.9 Å². The molecule has 2 aromatic heterocycles. The summed E-state index contributed by atoms with van der Waals surface area (Å²) in [5.41, 5.74) is 4.50. The molecule has 2 fully saturated rings. The molecule has 1 saturated carbocycles. The number of piperazine rings is 1. The van der Waals surface area contributed by atoms with Gasteiger partial charge in [0.2, 0.25) is 5.91 Å². The number of fused-ring (bicyclic) bond motifs is 1. The molecule has 6 heteroatoms. The van der Waals surface area contributed by atoms with E-state index in [0.717, 1.165) is 35.4 Å². The van der Waals surface area contributed by atoms with Gasteiger partial charge in [-0.15, -0.1) is 0 Å². The second-order valence-electron chi connectivity index (χ2n) is 7.95. The van der Waals surface area contributed by atoms with Crippen molar-refractivity contribution in [3.05, 3.63) is 59.9 Å². The van der Waals surface area contributed by atoms with Gasteiger partial charge in [0, 0.05) is 43.9 Å². The molecule has 0 unspecified atom stereocenters. The van der Waals surface area contributed by atoms with Crippen molar-refractivity contribution < 1.29 is 9.59 Å². The fourth-order valence-electron chi connectivity index (χ4n) is 4.13. The highest BCUT2D eigenvalue weighted by molar-refractivity contribution is 5.94. The number of imidazole rings is 1. The third-order valence-corrected chi connectivity index (χ3v) is 5.89. The molecule has 5 rings (SSSR count). The van der Waals surface area contributed by atoms with E-state index in [0.29, 0.717) is 31.7 Å². The van der Waals surface area contributed by atoms with Crippen molar-refractivity contribution in [3.8, 4) is 11.3 Å². The molecule has 3 heterocycles. The van der Waals surface area contributed by atoms with Gasteiger partial charge in [-0.1, -0.05) is 30.3 Å². The van der Waals surface area contributed by atoms with E-state index in [2.05, 4.69) is 17.1 Å². The summed E-state index contributed by atoms with van der Waals surface area (Å²) in [5, 5.41) is 0. The number of aryl methyl sites for hydroxylation is 1. The molecular formula is C23H24N4O2. The molecule has 1 aromatic carbocycles. The molecule has 0 radical (unpaired) electrons. The van der Waals surface area contributed by atoms with E-state index < -0.39 is 0 Å². The number of aromatic nitrogens is 2. The van der Waals surface area contributed by atoms with Crippen molar-refractivity contribution in [1.82, 2.24) is 19.2 Å². The third-order valence-electron chi connectivity index (χ3n) is 5.89. The lowest BCUT2D eigenvalue weighted by molar-refractivity contribution is -0.134. The molecule has 6 nitrogen and oxygen atoms in total. The van der Waals surface area contributed by atoms with Gasteiger partial charge in [-0.2, -0.15) is 0 Å². The maximum Gasteiger partial charge on any atom is 0.255 e. The molecule has 29 heavy (non-hydrogen) atoms. The minimum atomic E-state index is 0.00999. The Morgan fingerprint density at radius 1 is 0.931 bits per heavy atom. The van der Waals surface area contributed by atoms with E-state index in [9.17, 15) is 9.59 Å². The molecule has 0 N–H and O–H groups in total. The smallest absolute Gasteiger partial charge is 0.255 e. The zero-order valence-corrected chi connectivity index (χ0v) is 16.5. The topological polar surface area (TPSA) is 57.9 Å². The lowest BCUT2D eigenvalue weighted by Gasteiger charge is -2.35. The van der Waals surface area contributed by atoms with Crippen LogP contribution in [0.15, 0.2) is 48.7 Å². The first-order valence-electron chi connectivity index (χ1n) is 10.2. The van der Waals surface area contributed by atoms with E-state index >= 15 is 0 Å². The Bertz CT molecular complexity index is 1080. The zero-order valence-electron chi connectivity index (χ0n) is 16.5. The van der Waals surface area contributed by atoms with Crippen LogP contribution in [0.3, 0.4) is 0 Å². The molecular weight excluding hydrogens is 364 g/mol. The number of rotatable bonds is 3. The Balaban J connectivity index is 1.39. The van der Waals surface area contributed by atoms with Gasteiger partial charge in [-0.25, -0.2) is 4.98 Å². The van der Waals surface area contributed by atoms with Gasteiger partial charge in [0.15, 0.2) is 0 Å². The summed E-state index contributed by atoms with van der Waals surface area (Å²) in [6.07, 6.45) is 3.93. The van der Waals surface area contributed by atoms with Gasteiger partial charge in [-0.3, -0.25) is 14.0 Å². The minimum absolute atomic E-state index is 0.00999. The Morgan fingerprint density at radius 3 is 2.31 bits per heavy atom. The molecule has 0 atom stereocenters. The summed E-state index contributed by atoms with van der Waals surface area (Å²) in [7, 11) is 0. The Morgan fingerprint density at radius 2 is 1.62 bits per heavy atom. The normalized spacial score (nSPS) is 17.0. The fraction of sp³-hybridized carbons (Fsp3) is 0.348. The summed E-state index contributed by atoms with van der Waals surface area (Å²) >= 11 is 0. The maximum atomic E-state index is 13.1. The predicted molar refractivity (Wildman–Crippen MR) is 111 cm³/mol. The SMILES string of the molecule is Cc1nc2ccc(C(=O)N3CCN(C(=O)C4CC4)CC3)cn2c1-c1ccccc1. The Kier molecular flexibility index (Phi) is 4.34. The van der Waals surface area contributed by atoms with Crippen LogP contribution in [0.4, 0.5) is 0 Å². The van der Waals surface area contributed by atoms with Gasteiger partial charge in [0.1, 0.15) is 5.65 Å². The summed E-state index contributed by atoms with van der Waals surface area (Å²) in [6.45, 7) is 4.42. The lowest BCUT2D eigenvalue weighted by Crippen LogP contribution is -2.51. The molecule has 1 saturated heterocycles. The standard InChI is InChI=1S/C23H24N4O2/c1-16-21(17-5-3-2-4-6-17)27-15-19(9-10-20(27)24-16)23(29)26-13-11-25(12-14-26)22(28)18-7-8-18/h2-6,9-10,15,18H,7-8,11-14H2,1H3. The van der Waals surface area contributed by atoms with Crippen LogP contribution < -0.4 is 0 Å². The van der Waals surface area contributed by atoms with Crippen molar-refractivity contribution in [2.75, 3.05) is 26.2 Å². The molecule has 2 amide bonds. The van der Waals surface area contributed by atoms with Crippen LogP contribution >= 0.6 is 0 Å². The van der Waals surface area contributed by atoms with Crippen LogP contribution in [0.1, 0.15) is 28.9 Å². The van der Waals surface area contributed by atoms with Crippen LogP contribution in [-0.2, 0) is 4.79 Å².